The van der Waals surface area contributed by atoms with E-state index in [9.17, 15) is 0 Å². The SMILES string of the molecule is [C-]#[N+]c1ccccc1CSc1nnc2c(n1)[nH]c1cccc(Br)c12. The van der Waals surface area contributed by atoms with Gasteiger partial charge in [0.25, 0.3) is 0 Å². The standard InChI is InChI=1S/C17H10BrN5S/c1-19-12-7-3-2-5-10(12)9-24-17-21-16-15(22-23-17)14-11(18)6-4-8-13(14)20-16/h2-8H,9H2,(H,20,21,23). The highest BCUT2D eigenvalue weighted by Crippen LogP contribution is 2.31. The van der Waals surface area contributed by atoms with E-state index >= 15 is 0 Å². The molecule has 0 spiro atoms. The van der Waals surface area contributed by atoms with Crippen LogP contribution in [0.25, 0.3) is 26.9 Å². The molecule has 0 aliphatic carbocycles. The number of aromatic amines is 1. The van der Waals surface area contributed by atoms with E-state index in [2.05, 4.69) is 40.9 Å². The second kappa shape index (κ2) is 6.23. The minimum atomic E-state index is 0.588. The van der Waals surface area contributed by atoms with Crippen molar-refractivity contribution >= 4 is 55.4 Å². The van der Waals surface area contributed by atoms with Crippen molar-refractivity contribution in [2.45, 2.75) is 10.9 Å². The maximum atomic E-state index is 7.22. The molecular formula is C17H10BrN5S. The van der Waals surface area contributed by atoms with E-state index in [1.165, 1.54) is 11.8 Å². The lowest BCUT2D eigenvalue weighted by atomic mass is 10.2. The fourth-order valence-corrected chi connectivity index (χ4v) is 3.85. The molecule has 0 atom stereocenters. The first-order chi connectivity index (χ1) is 11.8. The quantitative estimate of drug-likeness (QED) is 0.386. The summed E-state index contributed by atoms with van der Waals surface area (Å²) in [6.45, 7) is 7.22. The van der Waals surface area contributed by atoms with Gasteiger partial charge in [0.15, 0.2) is 11.3 Å². The van der Waals surface area contributed by atoms with Gasteiger partial charge in [-0.25, -0.2) is 9.83 Å². The first kappa shape index (κ1) is 15.1. The molecule has 7 heteroatoms. The van der Waals surface area contributed by atoms with E-state index in [1.807, 2.05) is 42.5 Å². The molecule has 0 radical (unpaired) electrons. The Hall–Kier alpha value is -2.43. The average Bonchev–Trinajstić information content (AvgIpc) is 2.99. The van der Waals surface area contributed by atoms with Crippen LogP contribution in [0.2, 0.25) is 0 Å². The summed E-state index contributed by atoms with van der Waals surface area (Å²) >= 11 is 5.02. The first-order valence-corrected chi connectivity index (χ1v) is 8.93. The lowest BCUT2D eigenvalue weighted by molar-refractivity contribution is 0.878. The van der Waals surface area contributed by atoms with Crippen molar-refractivity contribution in [2.24, 2.45) is 0 Å². The van der Waals surface area contributed by atoms with Crippen LogP contribution in [-0.4, -0.2) is 20.2 Å². The van der Waals surface area contributed by atoms with Crippen molar-refractivity contribution in [1.29, 1.82) is 0 Å². The number of para-hydroxylation sites is 1. The average molecular weight is 396 g/mol. The van der Waals surface area contributed by atoms with Gasteiger partial charge in [-0.2, -0.15) is 0 Å². The molecule has 0 saturated carbocycles. The van der Waals surface area contributed by atoms with Gasteiger partial charge in [0.05, 0.1) is 12.1 Å². The first-order valence-electron chi connectivity index (χ1n) is 7.15. The summed E-state index contributed by atoms with van der Waals surface area (Å²) in [7, 11) is 0. The Labute approximate surface area is 150 Å². The lowest BCUT2D eigenvalue weighted by Crippen LogP contribution is -1.92. The molecule has 0 aliphatic heterocycles. The van der Waals surface area contributed by atoms with Gasteiger partial charge >= 0.3 is 0 Å². The molecule has 0 saturated heterocycles. The van der Waals surface area contributed by atoms with Crippen LogP contribution < -0.4 is 0 Å². The zero-order valence-corrected chi connectivity index (χ0v) is 14.7. The van der Waals surface area contributed by atoms with Gasteiger partial charge in [0.2, 0.25) is 5.16 Å². The molecule has 0 unspecified atom stereocenters. The van der Waals surface area contributed by atoms with Crippen molar-refractivity contribution in [2.75, 3.05) is 0 Å². The van der Waals surface area contributed by atoms with Crippen molar-refractivity contribution in [1.82, 2.24) is 20.2 Å². The van der Waals surface area contributed by atoms with Crippen LogP contribution in [0.3, 0.4) is 0 Å². The Morgan fingerprint density at radius 1 is 1.12 bits per heavy atom. The maximum absolute atomic E-state index is 7.22. The Morgan fingerprint density at radius 2 is 2.00 bits per heavy atom. The topological polar surface area (TPSA) is 58.8 Å². The molecule has 0 bridgehead atoms. The Kier molecular flexibility index (Phi) is 3.92. The molecule has 0 amide bonds. The van der Waals surface area contributed by atoms with Crippen LogP contribution >= 0.6 is 27.7 Å². The number of nitrogens with zero attached hydrogens (tertiary/aromatic N) is 4. The minimum absolute atomic E-state index is 0.588. The van der Waals surface area contributed by atoms with E-state index in [4.69, 9.17) is 6.57 Å². The van der Waals surface area contributed by atoms with Crippen molar-refractivity contribution in [3.05, 3.63) is 63.9 Å². The number of thioether (sulfide) groups is 1. The van der Waals surface area contributed by atoms with Crippen molar-refractivity contribution in [3.63, 3.8) is 0 Å². The second-order valence-corrected chi connectivity index (χ2v) is 6.91. The molecule has 4 rings (SSSR count). The third-order valence-electron chi connectivity index (χ3n) is 3.64. The van der Waals surface area contributed by atoms with Crippen LogP contribution in [0, 0.1) is 6.57 Å². The number of H-pyrrole nitrogens is 1. The molecule has 24 heavy (non-hydrogen) atoms. The maximum Gasteiger partial charge on any atom is 0.211 e. The number of nitrogens with one attached hydrogen (secondary N) is 1. The van der Waals surface area contributed by atoms with Gasteiger partial charge < -0.3 is 4.98 Å². The molecule has 5 nitrogen and oxygen atoms in total. The lowest BCUT2D eigenvalue weighted by Gasteiger charge is -2.02. The highest BCUT2D eigenvalue weighted by Gasteiger charge is 2.12. The smallest absolute Gasteiger partial charge is 0.211 e. The number of rotatable bonds is 3. The van der Waals surface area contributed by atoms with Crippen LogP contribution in [0.1, 0.15) is 5.56 Å². The molecule has 116 valence electrons. The van der Waals surface area contributed by atoms with Crippen LogP contribution in [0.4, 0.5) is 5.69 Å². The van der Waals surface area contributed by atoms with Crippen LogP contribution in [0.5, 0.6) is 0 Å². The summed E-state index contributed by atoms with van der Waals surface area (Å²) in [6, 6.07) is 13.5. The largest absolute Gasteiger partial charge is 0.338 e. The summed E-state index contributed by atoms with van der Waals surface area (Å²) in [5, 5.41) is 10.1. The summed E-state index contributed by atoms with van der Waals surface area (Å²) in [5.74, 6) is 0.635. The van der Waals surface area contributed by atoms with Crippen LogP contribution in [-0.2, 0) is 5.75 Å². The summed E-state index contributed by atoms with van der Waals surface area (Å²) in [4.78, 5) is 11.4. The van der Waals surface area contributed by atoms with E-state index in [0.717, 1.165) is 26.5 Å². The van der Waals surface area contributed by atoms with E-state index < -0.39 is 0 Å². The number of halogens is 1. The van der Waals surface area contributed by atoms with E-state index in [1.54, 1.807) is 0 Å². The molecule has 2 aromatic carbocycles. The predicted molar refractivity (Wildman–Crippen MR) is 99.2 cm³/mol. The molecule has 1 N–H and O–H groups in total. The third-order valence-corrected chi connectivity index (χ3v) is 5.19. The number of benzene rings is 2. The monoisotopic (exact) mass is 395 g/mol. The number of hydrogen-bond acceptors (Lipinski definition) is 4. The second-order valence-electron chi connectivity index (χ2n) is 5.11. The number of aromatic nitrogens is 4. The summed E-state index contributed by atoms with van der Waals surface area (Å²) in [6.07, 6.45) is 0. The molecular weight excluding hydrogens is 386 g/mol. The van der Waals surface area contributed by atoms with E-state index in [0.29, 0.717) is 22.2 Å². The highest BCUT2D eigenvalue weighted by atomic mass is 79.9. The third kappa shape index (κ3) is 2.64. The minimum Gasteiger partial charge on any atom is -0.338 e. The van der Waals surface area contributed by atoms with E-state index in [-0.39, 0.29) is 0 Å². The Balaban J connectivity index is 1.67. The van der Waals surface area contributed by atoms with Gasteiger partial charge in [-0.15, -0.1) is 10.2 Å². The Bertz CT molecular complexity index is 1100. The van der Waals surface area contributed by atoms with Crippen molar-refractivity contribution < 1.29 is 0 Å². The fraction of sp³-hybridized carbons (Fsp3) is 0.0588. The number of fused-ring (bicyclic) bond motifs is 3. The van der Waals surface area contributed by atoms with Crippen LogP contribution in [0.15, 0.2) is 52.1 Å². The van der Waals surface area contributed by atoms with Crippen molar-refractivity contribution in [3.8, 4) is 0 Å². The van der Waals surface area contributed by atoms with Gasteiger partial charge in [0, 0.05) is 15.6 Å². The zero-order chi connectivity index (χ0) is 16.5. The predicted octanol–water partition coefficient (Wildman–Crippen LogP) is 5.11. The van der Waals surface area contributed by atoms with Gasteiger partial charge in [0.1, 0.15) is 5.52 Å². The molecule has 4 aromatic rings. The highest BCUT2D eigenvalue weighted by molar-refractivity contribution is 9.10. The molecule has 2 heterocycles. The fourth-order valence-electron chi connectivity index (χ4n) is 2.51. The summed E-state index contributed by atoms with van der Waals surface area (Å²) in [5.41, 5.74) is 4.08. The summed E-state index contributed by atoms with van der Waals surface area (Å²) < 4.78 is 0.966. The van der Waals surface area contributed by atoms with Gasteiger partial charge in [-0.05, 0) is 17.7 Å². The molecule has 2 aromatic heterocycles. The molecule has 0 fully saturated rings. The Morgan fingerprint density at radius 3 is 2.88 bits per heavy atom. The normalized spacial score (nSPS) is 11.0. The zero-order valence-electron chi connectivity index (χ0n) is 12.3. The van der Waals surface area contributed by atoms with Gasteiger partial charge in [-0.3, -0.25) is 0 Å². The molecule has 0 aliphatic rings. The number of hydrogen-bond donors (Lipinski definition) is 1. The van der Waals surface area contributed by atoms with Gasteiger partial charge in [-0.1, -0.05) is 58.0 Å².